The van der Waals surface area contributed by atoms with Crippen molar-refractivity contribution in [1.29, 1.82) is 0 Å². The van der Waals surface area contributed by atoms with E-state index in [0.717, 1.165) is 55.5 Å². The van der Waals surface area contributed by atoms with Gasteiger partial charge < -0.3 is 10.2 Å². The van der Waals surface area contributed by atoms with Gasteiger partial charge in [-0.2, -0.15) is 0 Å². The number of hydrogen-bond donors (Lipinski definition) is 1. The molecule has 6 nitrogen and oxygen atoms in total. The molecular weight excluding hydrogens is 396 g/mol. The van der Waals surface area contributed by atoms with E-state index in [1.807, 2.05) is 18.2 Å². The van der Waals surface area contributed by atoms with Gasteiger partial charge in [-0.25, -0.2) is 9.97 Å². The van der Waals surface area contributed by atoms with Gasteiger partial charge in [0.25, 0.3) is 0 Å². The van der Waals surface area contributed by atoms with Crippen LogP contribution in [0.5, 0.6) is 0 Å². The highest BCUT2D eigenvalue weighted by atomic mass is 15.3. The van der Waals surface area contributed by atoms with Crippen LogP contribution in [0.15, 0.2) is 91.5 Å². The Morgan fingerprint density at radius 2 is 1.53 bits per heavy atom. The average molecular weight is 423 g/mol. The number of anilines is 3. The third-order valence-corrected chi connectivity index (χ3v) is 5.77. The molecular formula is C26H26N6. The molecule has 5 rings (SSSR count). The Balaban J connectivity index is 1.18. The summed E-state index contributed by atoms with van der Waals surface area (Å²) < 4.78 is 0. The molecule has 32 heavy (non-hydrogen) atoms. The maximum absolute atomic E-state index is 4.37. The Bertz CT molecular complexity index is 1120. The first-order valence-electron chi connectivity index (χ1n) is 10.9. The van der Waals surface area contributed by atoms with E-state index in [0.29, 0.717) is 0 Å². The van der Waals surface area contributed by atoms with Gasteiger partial charge in [-0.05, 0) is 42.0 Å². The molecule has 2 aromatic carbocycles. The molecule has 0 spiro atoms. The molecule has 0 amide bonds. The van der Waals surface area contributed by atoms with Crippen LogP contribution in [0.1, 0.15) is 5.56 Å². The second-order valence-electron chi connectivity index (χ2n) is 7.95. The van der Waals surface area contributed by atoms with E-state index in [9.17, 15) is 0 Å². The van der Waals surface area contributed by atoms with E-state index < -0.39 is 0 Å². The largest absolute Gasteiger partial charge is 0.369 e. The van der Waals surface area contributed by atoms with Crippen LogP contribution >= 0.6 is 0 Å². The van der Waals surface area contributed by atoms with Crippen LogP contribution in [0, 0.1) is 0 Å². The van der Waals surface area contributed by atoms with Crippen molar-refractivity contribution in [3.63, 3.8) is 0 Å². The number of piperazine rings is 1. The highest BCUT2D eigenvalue weighted by molar-refractivity contribution is 5.66. The van der Waals surface area contributed by atoms with E-state index in [-0.39, 0.29) is 0 Å². The molecule has 0 unspecified atom stereocenters. The zero-order valence-corrected chi connectivity index (χ0v) is 17.9. The van der Waals surface area contributed by atoms with Gasteiger partial charge in [0.05, 0.1) is 5.69 Å². The highest BCUT2D eigenvalue weighted by Gasteiger charge is 2.17. The third-order valence-electron chi connectivity index (χ3n) is 5.77. The lowest BCUT2D eigenvalue weighted by Gasteiger charge is -2.36. The molecule has 2 aromatic heterocycles. The Hall–Kier alpha value is -3.77. The van der Waals surface area contributed by atoms with Gasteiger partial charge in [0.1, 0.15) is 12.1 Å². The smallest absolute Gasteiger partial charge is 0.134 e. The third kappa shape index (κ3) is 4.92. The molecule has 4 aromatic rings. The van der Waals surface area contributed by atoms with Crippen molar-refractivity contribution in [3.8, 4) is 11.3 Å². The minimum atomic E-state index is 0.772. The second-order valence-corrected chi connectivity index (χ2v) is 7.95. The summed E-state index contributed by atoms with van der Waals surface area (Å²) in [6.07, 6.45) is 5.12. The Kier molecular flexibility index (Phi) is 6.03. The maximum Gasteiger partial charge on any atom is 0.134 e. The minimum Gasteiger partial charge on any atom is -0.369 e. The van der Waals surface area contributed by atoms with Gasteiger partial charge in [0.2, 0.25) is 0 Å². The van der Waals surface area contributed by atoms with E-state index in [1.165, 1.54) is 11.3 Å². The zero-order valence-electron chi connectivity index (χ0n) is 17.9. The average Bonchev–Trinajstić information content (AvgIpc) is 2.86. The van der Waals surface area contributed by atoms with Gasteiger partial charge in [-0.1, -0.05) is 30.3 Å². The second kappa shape index (κ2) is 9.58. The maximum atomic E-state index is 4.37. The summed E-state index contributed by atoms with van der Waals surface area (Å²) in [4.78, 5) is 17.8. The fraction of sp³-hybridized carbons (Fsp3) is 0.192. The van der Waals surface area contributed by atoms with Crippen molar-refractivity contribution in [2.24, 2.45) is 0 Å². The summed E-state index contributed by atoms with van der Waals surface area (Å²) in [6.45, 7) is 5.26. The molecule has 0 bridgehead atoms. The summed E-state index contributed by atoms with van der Waals surface area (Å²) in [6, 6.07) is 25.1. The number of pyridine rings is 1. The van der Waals surface area contributed by atoms with Crippen LogP contribution < -0.4 is 10.2 Å². The first-order valence-corrected chi connectivity index (χ1v) is 10.9. The Morgan fingerprint density at radius 3 is 2.28 bits per heavy atom. The van der Waals surface area contributed by atoms with Crippen molar-refractivity contribution in [3.05, 3.63) is 97.1 Å². The van der Waals surface area contributed by atoms with Crippen molar-refractivity contribution in [2.75, 3.05) is 36.4 Å². The number of nitrogens with one attached hydrogen (secondary N) is 1. The first-order chi connectivity index (χ1) is 15.8. The number of rotatable bonds is 6. The van der Waals surface area contributed by atoms with Gasteiger partial charge >= 0.3 is 0 Å². The molecule has 0 saturated carbocycles. The van der Waals surface area contributed by atoms with Crippen LogP contribution in [0.3, 0.4) is 0 Å². The number of aromatic nitrogens is 3. The molecule has 1 aliphatic heterocycles. The molecule has 1 N–H and O–H groups in total. The lowest BCUT2D eigenvalue weighted by molar-refractivity contribution is 0.250. The van der Waals surface area contributed by atoms with E-state index in [4.69, 9.17) is 0 Å². The van der Waals surface area contributed by atoms with Crippen molar-refractivity contribution in [2.45, 2.75) is 6.54 Å². The molecule has 3 heterocycles. The van der Waals surface area contributed by atoms with Gasteiger partial charge in [-0.3, -0.25) is 9.88 Å². The molecule has 160 valence electrons. The Labute approximate surface area is 188 Å². The van der Waals surface area contributed by atoms with Crippen molar-refractivity contribution >= 4 is 17.2 Å². The predicted molar refractivity (Wildman–Crippen MR) is 129 cm³/mol. The van der Waals surface area contributed by atoms with Gasteiger partial charge in [-0.15, -0.1) is 0 Å². The lowest BCUT2D eigenvalue weighted by atomic mass is 10.2. The summed E-state index contributed by atoms with van der Waals surface area (Å²) in [7, 11) is 0. The summed E-state index contributed by atoms with van der Waals surface area (Å²) >= 11 is 0. The molecule has 6 heteroatoms. The van der Waals surface area contributed by atoms with Gasteiger partial charge in [0.15, 0.2) is 0 Å². The van der Waals surface area contributed by atoms with Crippen LogP contribution in [0.2, 0.25) is 0 Å². The molecule has 0 aliphatic carbocycles. The minimum absolute atomic E-state index is 0.772. The van der Waals surface area contributed by atoms with Crippen molar-refractivity contribution < 1.29 is 0 Å². The van der Waals surface area contributed by atoms with Crippen LogP contribution in [-0.4, -0.2) is 46.0 Å². The number of benzene rings is 2. The molecule has 1 aliphatic rings. The molecule has 0 atom stereocenters. The monoisotopic (exact) mass is 422 g/mol. The van der Waals surface area contributed by atoms with Crippen molar-refractivity contribution in [1.82, 2.24) is 19.9 Å². The van der Waals surface area contributed by atoms with Gasteiger partial charge in [0, 0.05) is 68.1 Å². The normalized spacial score (nSPS) is 14.3. The highest BCUT2D eigenvalue weighted by Crippen LogP contribution is 2.24. The zero-order chi connectivity index (χ0) is 21.6. The van der Waals surface area contributed by atoms with Crippen LogP contribution in [0.4, 0.5) is 17.2 Å². The lowest BCUT2D eigenvalue weighted by Crippen LogP contribution is -2.45. The van der Waals surface area contributed by atoms with Crippen LogP contribution in [-0.2, 0) is 6.54 Å². The summed E-state index contributed by atoms with van der Waals surface area (Å²) in [5, 5.41) is 3.39. The summed E-state index contributed by atoms with van der Waals surface area (Å²) in [5.74, 6) is 0.772. The molecule has 1 saturated heterocycles. The predicted octanol–water partition coefficient (Wildman–Crippen LogP) is 4.60. The van der Waals surface area contributed by atoms with E-state index >= 15 is 0 Å². The topological polar surface area (TPSA) is 57.2 Å². The quantitative estimate of drug-likeness (QED) is 0.490. The summed E-state index contributed by atoms with van der Waals surface area (Å²) in [5.41, 5.74) is 5.54. The van der Waals surface area contributed by atoms with E-state index in [1.54, 1.807) is 18.7 Å². The number of hydrogen-bond acceptors (Lipinski definition) is 6. The molecule has 1 fully saturated rings. The number of nitrogens with zero attached hydrogens (tertiary/aromatic N) is 5. The standard InChI is InChI=1S/C26H26N6/c1-2-4-21(5-3-1)19-31-14-16-32(17-15-31)24-8-6-23(7-9-24)30-26-18-25(28-20-29-26)22-10-12-27-13-11-22/h1-13,18,20H,14-17,19H2,(H,28,29,30). The first kappa shape index (κ1) is 20.2. The SMILES string of the molecule is c1ccc(CN2CCN(c3ccc(Nc4cc(-c5ccncc5)ncn4)cc3)CC2)cc1. The molecule has 0 radical (unpaired) electrons. The van der Waals surface area contributed by atoms with E-state index in [2.05, 4.69) is 84.7 Å². The van der Waals surface area contributed by atoms with Crippen LogP contribution in [0.25, 0.3) is 11.3 Å². The fourth-order valence-corrected chi connectivity index (χ4v) is 4.02. The fourth-order valence-electron chi connectivity index (χ4n) is 4.02. The Morgan fingerprint density at radius 1 is 0.781 bits per heavy atom.